The van der Waals surface area contributed by atoms with Gasteiger partial charge in [-0.25, -0.2) is 0 Å². The van der Waals surface area contributed by atoms with Gasteiger partial charge in [-0.15, -0.1) is 11.3 Å². The number of hydrogen-bond donors (Lipinski definition) is 1. The summed E-state index contributed by atoms with van der Waals surface area (Å²) in [4.78, 5) is 15.5. The first-order valence-electron chi connectivity index (χ1n) is 7.79. The van der Waals surface area contributed by atoms with Crippen molar-refractivity contribution in [3.8, 4) is 0 Å². The van der Waals surface area contributed by atoms with E-state index in [0.29, 0.717) is 18.5 Å². The predicted octanol–water partition coefficient (Wildman–Crippen LogP) is 2.57. The Bertz CT molecular complexity index is 473. The molecule has 0 spiro atoms. The average molecular weight is 308 g/mol. The minimum Gasteiger partial charge on any atom is -0.469 e. The Kier molecular flexibility index (Phi) is 4.62. The van der Waals surface area contributed by atoms with Gasteiger partial charge in [0.1, 0.15) is 0 Å². The van der Waals surface area contributed by atoms with Crippen LogP contribution in [-0.4, -0.2) is 42.6 Å². The van der Waals surface area contributed by atoms with Crippen molar-refractivity contribution in [1.29, 1.82) is 0 Å². The molecule has 4 nitrogen and oxygen atoms in total. The standard InChI is InChI=1S/C16H24N2O2S/c1-11-8-12(10-18(11)13-5-6-13)17-14(9-16(19)20-2)15-4-3-7-21-15/h3-4,7,11-14,17H,5-6,8-10H2,1-2H3. The van der Waals surface area contributed by atoms with Crippen molar-refractivity contribution in [3.05, 3.63) is 22.4 Å². The highest BCUT2D eigenvalue weighted by atomic mass is 32.1. The molecule has 0 bridgehead atoms. The molecule has 21 heavy (non-hydrogen) atoms. The summed E-state index contributed by atoms with van der Waals surface area (Å²) in [5.74, 6) is -0.147. The molecule has 1 saturated carbocycles. The number of likely N-dealkylation sites (tertiary alicyclic amines) is 1. The van der Waals surface area contributed by atoms with Crippen LogP contribution >= 0.6 is 11.3 Å². The Morgan fingerprint density at radius 3 is 3.00 bits per heavy atom. The topological polar surface area (TPSA) is 41.6 Å². The molecule has 1 aromatic heterocycles. The highest BCUT2D eigenvalue weighted by molar-refractivity contribution is 7.10. The second-order valence-corrected chi connectivity index (χ2v) is 7.20. The van der Waals surface area contributed by atoms with Crippen LogP contribution in [0.1, 0.15) is 43.5 Å². The Morgan fingerprint density at radius 1 is 1.57 bits per heavy atom. The summed E-state index contributed by atoms with van der Waals surface area (Å²) in [6.45, 7) is 3.43. The van der Waals surface area contributed by atoms with E-state index in [9.17, 15) is 4.79 Å². The first kappa shape index (κ1) is 15.0. The Hall–Kier alpha value is -0.910. The Balaban J connectivity index is 1.63. The zero-order valence-electron chi connectivity index (χ0n) is 12.7. The number of thiophene rings is 1. The van der Waals surface area contributed by atoms with Gasteiger partial charge in [0.05, 0.1) is 19.6 Å². The second kappa shape index (κ2) is 6.46. The molecule has 1 aromatic rings. The number of nitrogens with zero attached hydrogens (tertiary/aromatic N) is 1. The van der Waals surface area contributed by atoms with Crippen molar-refractivity contribution in [2.45, 2.75) is 56.8 Å². The lowest BCUT2D eigenvalue weighted by molar-refractivity contribution is -0.141. The monoisotopic (exact) mass is 308 g/mol. The molecule has 2 aliphatic rings. The van der Waals surface area contributed by atoms with E-state index >= 15 is 0 Å². The number of methoxy groups -OCH3 is 1. The molecular formula is C16H24N2O2S. The van der Waals surface area contributed by atoms with Gasteiger partial charge < -0.3 is 10.1 Å². The number of esters is 1. The normalized spacial score (nSPS) is 27.7. The largest absolute Gasteiger partial charge is 0.469 e. The molecule has 116 valence electrons. The molecule has 2 fully saturated rings. The maximum atomic E-state index is 11.7. The molecule has 3 unspecified atom stereocenters. The SMILES string of the molecule is COC(=O)CC(NC1CC(C)N(C2CC2)C1)c1cccs1. The third kappa shape index (κ3) is 3.65. The van der Waals surface area contributed by atoms with Crippen molar-refractivity contribution >= 4 is 17.3 Å². The van der Waals surface area contributed by atoms with E-state index in [2.05, 4.69) is 28.6 Å². The van der Waals surface area contributed by atoms with Crippen LogP contribution < -0.4 is 5.32 Å². The van der Waals surface area contributed by atoms with E-state index in [1.165, 1.54) is 31.2 Å². The maximum Gasteiger partial charge on any atom is 0.307 e. The molecule has 1 aliphatic heterocycles. The lowest BCUT2D eigenvalue weighted by Crippen LogP contribution is -2.37. The average Bonchev–Trinajstić information content (AvgIpc) is 3.02. The first-order valence-corrected chi connectivity index (χ1v) is 8.67. The van der Waals surface area contributed by atoms with Gasteiger partial charge in [0.25, 0.3) is 0 Å². The van der Waals surface area contributed by atoms with Gasteiger partial charge in [-0.3, -0.25) is 9.69 Å². The highest BCUT2D eigenvalue weighted by Crippen LogP contribution is 2.34. The fourth-order valence-corrected chi connectivity index (χ4v) is 4.14. The molecule has 1 N–H and O–H groups in total. The van der Waals surface area contributed by atoms with Crippen LogP contribution in [0.4, 0.5) is 0 Å². The van der Waals surface area contributed by atoms with Crippen LogP contribution in [0, 0.1) is 0 Å². The summed E-state index contributed by atoms with van der Waals surface area (Å²) < 4.78 is 4.85. The summed E-state index contributed by atoms with van der Waals surface area (Å²) in [7, 11) is 1.46. The Morgan fingerprint density at radius 2 is 2.38 bits per heavy atom. The van der Waals surface area contributed by atoms with Crippen LogP contribution in [0.2, 0.25) is 0 Å². The van der Waals surface area contributed by atoms with Crippen LogP contribution in [0.15, 0.2) is 17.5 Å². The molecule has 0 radical (unpaired) electrons. The lowest BCUT2D eigenvalue weighted by Gasteiger charge is -2.22. The van der Waals surface area contributed by atoms with Crippen LogP contribution in [-0.2, 0) is 9.53 Å². The van der Waals surface area contributed by atoms with Crippen molar-refractivity contribution < 1.29 is 9.53 Å². The molecule has 0 aromatic carbocycles. The van der Waals surface area contributed by atoms with Gasteiger partial charge >= 0.3 is 5.97 Å². The van der Waals surface area contributed by atoms with Gasteiger partial charge in [0.2, 0.25) is 0 Å². The summed E-state index contributed by atoms with van der Waals surface area (Å²) in [6.07, 6.45) is 4.28. The van der Waals surface area contributed by atoms with E-state index in [0.717, 1.165) is 12.6 Å². The van der Waals surface area contributed by atoms with Gasteiger partial charge in [0, 0.05) is 29.5 Å². The van der Waals surface area contributed by atoms with Crippen molar-refractivity contribution in [3.63, 3.8) is 0 Å². The van der Waals surface area contributed by atoms with E-state index in [1.807, 2.05) is 6.07 Å². The smallest absolute Gasteiger partial charge is 0.307 e. The number of carbonyl (C=O) groups excluding carboxylic acids is 1. The Labute approximate surface area is 130 Å². The van der Waals surface area contributed by atoms with Gasteiger partial charge in [-0.1, -0.05) is 6.07 Å². The van der Waals surface area contributed by atoms with Gasteiger partial charge in [-0.2, -0.15) is 0 Å². The quantitative estimate of drug-likeness (QED) is 0.820. The molecule has 3 atom stereocenters. The summed E-state index contributed by atoms with van der Waals surface area (Å²) >= 11 is 1.70. The van der Waals surface area contributed by atoms with E-state index < -0.39 is 0 Å². The number of nitrogens with one attached hydrogen (secondary N) is 1. The number of carbonyl (C=O) groups is 1. The molecule has 1 aliphatic carbocycles. The van der Waals surface area contributed by atoms with Crippen LogP contribution in [0.25, 0.3) is 0 Å². The molecule has 2 heterocycles. The third-order valence-electron chi connectivity index (χ3n) is 4.56. The summed E-state index contributed by atoms with van der Waals surface area (Å²) in [5, 5.41) is 5.76. The third-order valence-corrected chi connectivity index (χ3v) is 5.55. The number of ether oxygens (including phenoxy) is 1. The van der Waals surface area contributed by atoms with Gasteiger partial charge in [-0.05, 0) is 37.6 Å². The van der Waals surface area contributed by atoms with Crippen molar-refractivity contribution in [1.82, 2.24) is 10.2 Å². The highest BCUT2D eigenvalue weighted by Gasteiger charge is 2.39. The summed E-state index contributed by atoms with van der Waals surface area (Å²) in [6, 6.07) is 6.15. The van der Waals surface area contributed by atoms with Crippen molar-refractivity contribution in [2.75, 3.05) is 13.7 Å². The minimum atomic E-state index is -0.147. The second-order valence-electron chi connectivity index (χ2n) is 6.22. The maximum absolute atomic E-state index is 11.7. The minimum absolute atomic E-state index is 0.0776. The molecular weight excluding hydrogens is 284 g/mol. The summed E-state index contributed by atoms with van der Waals surface area (Å²) in [5.41, 5.74) is 0. The first-order chi connectivity index (χ1) is 10.2. The van der Waals surface area contributed by atoms with Crippen molar-refractivity contribution in [2.24, 2.45) is 0 Å². The van der Waals surface area contributed by atoms with Crippen LogP contribution in [0.5, 0.6) is 0 Å². The fraction of sp³-hybridized carbons (Fsp3) is 0.688. The zero-order valence-corrected chi connectivity index (χ0v) is 13.6. The van der Waals surface area contributed by atoms with Gasteiger partial charge in [0.15, 0.2) is 0 Å². The lowest BCUT2D eigenvalue weighted by atomic mass is 10.1. The van der Waals surface area contributed by atoms with E-state index in [1.54, 1.807) is 11.3 Å². The zero-order chi connectivity index (χ0) is 14.8. The fourth-order valence-electron chi connectivity index (χ4n) is 3.36. The molecule has 3 rings (SSSR count). The van der Waals surface area contributed by atoms with Crippen LogP contribution in [0.3, 0.4) is 0 Å². The van der Waals surface area contributed by atoms with E-state index in [4.69, 9.17) is 4.74 Å². The number of rotatable bonds is 6. The number of hydrogen-bond acceptors (Lipinski definition) is 5. The molecule has 1 saturated heterocycles. The molecule has 0 amide bonds. The molecule has 5 heteroatoms. The van der Waals surface area contributed by atoms with E-state index in [-0.39, 0.29) is 12.0 Å². The predicted molar refractivity (Wildman–Crippen MR) is 84.4 cm³/mol.